The fourth-order valence-corrected chi connectivity index (χ4v) is 5.53. The van der Waals surface area contributed by atoms with Crippen LogP contribution in [0.15, 0.2) is 67.0 Å². The van der Waals surface area contributed by atoms with Crippen LogP contribution in [-0.2, 0) is 34.0 Å². The monoisotopic (exact) mass is 739 g/mol. The van der Waals surface area contributed by atoms with Crippen molar-refractivity contribution in [1.82, 2.24) is 29.5 Å². The van der Waals surface area contributed by atoms with Gasteiger partial charge in [0.25, 0.3) is 0 Å². The van der Waals surface area contributed by atoms with Crippen molar-refractivity contribution in [2.75, 3.05) is 4.90 Å². The van der Waals surface area contributed by atoms with Gasteiger partial charge in [0.2, 0.25) is 0 Å². The maximum atomic E-state index is 13.7. The number of rotatable bonds is 5. The third kappa shape index (κ3) is 8.76. The Kier molecular flexibility index (Phi) is 9.71. The SMILES string of the molecule is CC(C)(C)c1cc(N(c2cc(C(C)(C)C)cc(-n3ccc(C(F)(F)F)n3)n2)c2cc(C(C)(C)C)cc(-n3ccc(C(F)(F)F)n3)n2)cc(C(C)(C)C)c1. The third-order valence-electron chi connectivity index (χ3n) is 8.92. The van der Waals surface area contributed by atoms with Crippen LogP contribution in [0, 0.1) is 0 Å². The molecule has 4 heterocycles. The predicted molar refractivity (Wildman–Crippen MR) is 196 cm³/mol. The molecule has 0 bridgehead atoms. The first-order valence-electron chi connectivity index (χ1n) is 17.3. The van der Waals surface area contributed by atoms with Crippen molar-refractivity contribution in [3.8, 4) is 11.6 Å². The Balaban J connectivity index is 1.91. The van der Waals surface area contributed by atoms with Gasteiger partial charge in [0.15, 0.2) is 23.0 Å². The van der Waals surface area contributed by atoms with E-state index in [4.69, 9.17) is 9.97 Å². The normalized spacial score (nSPS) is 13.5. The molecule has 5 rings (SSSR count). The summed E-state index contributed by atoms with van der Waals surface area (Å²) >= 11 is 0. The Labute approximate surface area is 307 Å². The molecule has 0 N–H and O–H groups in total. The van der Waals surface area contributed by atoms with Crippen molar-refractivity contribution in [2.45, 2.75) is 117 Å². The van der Waals surface area contributed by atoms with E-state index >= 15 is 0 Å². The zero-order valence-corrected chi connectivity index (χ0v) is 32.2. The van der Waals surface area contributed by atoms with E-state index in [1.807, 2.05) is 70.7 Å². The maximum Gasteiger partial charge on any atom is 0.435 e. The van der Waals surface area contributed by atoms with Crippen LogP contribution in [0.5, 0.6) is 0 Å². The number of alkyl halides is 6. The minimum Gasteiger partial charge on any atom is -0.279 e. The Hall–Kier alpha value is -4.68. The molecule has 0 aliphatic carbocycles. The van der Waals surface area contributed by atoms with Gasteiger partial charge in [-0.2, -0.15) is 36.5 Å². The zero-order valence-electron chi connectivity index (χ0n) is 32.2. The summed E-state index contributed by atoms with van der Waals surface area (Å²) in [5.74, 6) is 0.932. The van der Waals surface area contributed by atoms with E-state index in [-0.39, 0.29) is 22.5 Å². The smallest absolute Gasteiger partial charge is 0.279 e. The minimum absolute atomic E-state index is 0.144. The zero-order chi connectivity index (χ0) is 39.7. The van der Waals surface area contributed by atoms with Gasteiger partial charge in [0.1, 0.15) is 11.6 Å². The Morgan fingerprint density at radius 2 is 0.774 bits per heavy atom. The van der Waals surface area contributed by atoms with Crippen LogP contribution in [-0.4, -0.2) is 29.5 Å². The first-order valence-corrected chi connectivity index (χ1v) is 17.3. The van der Waals surface area contributed by atoms with Crippen LogP contribution in [0.3, 0.4) is 0 Å². The fourth-order valence-electron chi connectivity index (χ4n) is 5.53. The van der Waals surface area contributed by atoms with Crippen molar-refractivity contribution < 1.29 is 26.3 Å². The van der Waals surface area contributed by atoms with E-state index in [0.29, 0.717) is 17.3 Å². The minimum atomic E-state index is -4.66. The summed E-state index contributed by atoms with van der Waals surface area (Å²) in [4.78, 5) is 11.7. The van der Waals surface area contributed by atoms with Crippen LogP contribution in [0.2, 0.25) is 0 Å². The number of halogens is 6. The Morgan fingerprint density at radius 1 is 0.453 bits per heavy atom. The van der Waals surface area contributed by atoms with E-state index in [9.17, 15) is 26.3 Å². The van der Waals surface area contributed by atoms with Gasteiger partial charge < -0.3 is 0 Å². The van der Waals surface area contributed by atoms with Crippen LogP contribution >= 0.6 is 0 Å². The number of pyridine rings is 2. The second-order valence-electron chi connectivity index (χ2n) is 17.5. The topological polar surface area (TPSA) is 64.7 Å². The molecule has 0 aliphatic rings. The molecule has 7 nitrogen and oxygen atoms in total. The highest BCUT2D eigenvalue weighted by atomic mass is 19.4. The first kappa shape index (κ1) is 39.5. The van der Waals surface area contributed by atoms with Crippen molar-refractivity contribution in [3.63, 3.8) is 0 Å². The average molecular weight is 740 g/mol. The molecule has 0 amide bonds. The van der Waals surface area contributed by atoms with Gasteiger partial charge in [-0.3, -0.25) is 4.90 Å². The fraction of sp³-hybridized carbons (Fsp3) is 0.450. The lowest BCUT2D eigenvalue weighted by molar-refractivity contribution is -0.142. The highest BCUT2D eigenvalue weighted by Crippen LogP contribution is 2.42. The Bertz CT molecular complexity index is 1970. The van der Waals surface area contributed by atoms with Crippen LogP contribution in [0.1, 0.15) is 117 Å². The first-order chi connectivity index (χ1) is 24.0. The molecule has 284 valence electrons. The number of hydrogen-bond acceptors (Lipinski definition) is 5. The quantitative estimate of drug-likeness (QED) is 0.168. The van der Waals surface area contributed by atoms with Gasteiger partial charge in [-0.25, -0.2) is 19.3 Å². The summed E-state index contributed by atoms with van der Waals surface area (Å²) in [5.41, 5.74) is 0.476. The van der Waals surface area contributed by atoms with Crippen LogP contribution < -0.4 is 4.90 Å². The summed E-state index contributed by atoms with van der Waals surface area (Å²) in [6, 6.07) is 15.1. The largest absolute Gasteiger partial charge is 0.435 e. The van der Waals surface area contributed by atoms with E-state index in [2.05, 4.69) is 57.8 Å². The van der Waals surface area contributed by atoms with Gasteiger partial charge >= 0.3 is 12.4 Å². The van der Waals surface area contributed by atoms with Crippen molar-refractivity contribution >= 4 is 17.3 Å². The van der Waals surface area contributed by atoms with Gasteiger partial charge in [-0.15, -0.1) is 0 Å². The molecule has 0 saturated carbocycles. The standard InChI is InChI=1S/C40H47F6N7/c1-35(2,3)24-17-25(36(4,5)6)19-28(18-24)53(33-22-26(37(7,8)9)20-31(47-33)51-15-13-29(49-51)39(41,42)43)34-23-27(38(10,11)12)21-32(48-34)52-16-14-30(50-52)40(44,45)46/h13-23H,1-12H3. The molecule has 0 saturated heterocycles. The molecule has 0 spiro atoms. The molecular weight excluding hydrogens is 692 g/mol. The number of hydrogen-bond donors (Lipinski definition) is 0. The predicted octanol–water partition coefficient (Wildman–Crippen LogP) is 11.5. The van der Waals surface area contributed by atoms with Crippen LogP contribution in [0.25, 0.3) is 11.6 Å². The third-order valence-corrected chi connectivity index (χ3v) is 8.92. The average Bonchev–Trinajstić information content (AvgIpc) is 3.71. The molecule has 0 atom stereocenters. The van der Waals surface area contributed by atoms with Crippen molar-refractivity contribution in [3.05, 3.63) is 101 Å². The molecule has 0 fully saturated rings. The molecule has 0 aliphatic heterocycles. The van der Waals surface area contributed by atoms with E-state index in [1.54, 1.807) is 12.1 Å². The molecular formula is C40H47F6N7. The number of benzene rings is 1. The molecule has 4 aromatic heterocycles. The highest BCUT2D eigenvalue weighted by molar-refractivity contribution is 5.75. The van der Waals surface area contributed by atoms with E-state index in [1.165, 1.54) is 12.4 Å². The summed E-state index contributed by atoms with van der Waals surface area (Å²) < 4.78 is 84.4. The number of nitrogens with zero attached hydrogens (tertiary/aromatic N) is 7. The van der Waals surface area contributed by atoms with E-state index < -0.39 is 34.6 Å². The summed E-state index contributed by atoms with van der Waals surface area (Å²) in [5, 5.41) is 7.66. The molecule has 13 heteroatoms. The second-order valence-corrected chi connectivity index (χ2v) is 17.5. The summed E-state index contributed by atoms with van der Waals surface area (Å²) in [6.45, 7) is 24.5. The van der Waals surface area contributed by atoms with Gasteiger partial charge in [0, 0.05) is 18.1 Å². The Morgan fingerprint density at radius 3 is 1.06 bits per heavy atom. The summed E-state index contributed by atoms with van der Waals surface area (Å²) in [6.07, 6.45) is -6.89. The van der Waals surface area contributed by atoms with Crippen LogP contribution in [0.4, 0.5) is 43.7 Å². The lowest BCUT2D eigenvalue weighted by Gasteiger charge is -2.32. The second kappa shape index (κ2) is 13.0. The lowest BCUT2D eigenvalue weighted by atomic mass is 9.80. The number of aromatic nitrogens is 6. The highest BCUT2D eigenvalue weighted by Gasteiger charge is 2.35. The number of anilines is 3. The van der Waals surface area contributed by atoms with Gasteiger partial charge in [-0.05, 0) is 92.4 Å². The van der Waals surface area contributed by atoms with Crippen molar-refractivity contribution in [2.24, 2.45) is 0 Å². The van der Waals surface area contributed by atoms with Gasteiger partial charge in [0.05, 0.1) is 0 Å². The lowest BCUT2D eigenvalue weighted by Crippen LogP contribution is -2.22. The molecule has 0 unspecified atom stereocenters. The van der Waals surface area contributed by atoms with Gasteiger partial charge in [-0.1, -0.05) is 89.2 Å². The molecule has 0 radical (unpaired) electrons. The van der Waals surface area contributed by atoms with Crippen molar-refractivity contribution in [1.29, 1.82) is 0 Å². The summed E-state index contributed by atoms with van der Waals surface area (Å²) in [7, 11) is 0. The molecule has 1 aromatic carbocycles. The molecule has 5 aromatic rings. The maximum absolute atomic E-state index is 13.7. The molecule has 53 heavy (non-hydrogen) atoms. The van der Waals surface area contributed by atoms with E-state index in [0.717, 1.165) is 43.8 Å².